The molecule has 0 unspecified atom stereocenters. The Morgan fingerprint density at radius 1 is 1.13 bits per heavy atom. The Morgan fingerprint density at radius 2 is 1.67 bits per heavy atom. The molecular weight excluding hydrogens is 227 g/mol. The Bertz CT molecular complexity index is 167. The maximum atomic E-state index is 6.16. The zero-order chi connectivity index (χ0) is 11.3. The lowest BCUT2D eigenvalue weighted by molar-refractivity contribution is 0.229. The summed E-state index contributed by atoms with van der Waals surface area (Å²) in [4.78, 5) is 0. The fraction of sp³-hybridized carbons (Fsp3) is 1.00. The number of hydrogen-bond acceptors (Lipinski definition) is 0. The molecule has 1 aliphatic rings. The lowest BCUT2D eigenvalue weighted by atomic mass is 9.76. The van der Waals surface area contributed by atoms with Gasteiger partial charge in [-0.1, -0.05) is 39.5 Å². The topological polar surface area (TPSA) is 0 Å². The quantitative estimate of drug-likeness (QED) is 0.578. The van der Waals surface area contributed by atoms with Gasteiger partial charge in [-0.3, -0.25) is 0 Å². The van der Waals surface area contributed by atoms with Crippen LogP contribution in [0.4, 0.5) is 0 Å². The molecule has 0 aromatic carbocycles. The fourth-order valence-electron chi connectivity index (χ4n) is 3.03. The molecule has 0 radical (unpaired) electrons. The van der Waals surface area contributed by atoms with Crippen LogP contribution in [0.2, 0.25) is 0 Å². The molecule has 0 N–H and O–H groups in total. The molecule has 0 saturated heterocycles. The van der Waals surface area contributed by atoms with Crippen molar-refractivity contribution in [3.05, 3.63) is 0 Å². The van der Waals surface area contributed by atoms with Gasteiger partial charge in [0, 0.05) is 11.8 Å². The van der Waals surface area contributed by atoms with E-state index in [2.05, 4.69) is 13.8 Å². The predicted octanol–water partition coefficient (Wildman–Crippen LogP) is 5.08. The molecule has 2 heteroatoms. The first-order chi connectivity index (χ1) is 7.12. The smallest absolute Gasteiger partial charge is 0.0291 e. The van der Waals surface area contributed by atoms with Crippen LogP contribution >= 0.6 is 23.2 Å². The molecular formula is C13H24Cl2. The average Bonchev–Trinajstić information content (AvgIpc) is 2.68. The van der Waals surface area contributed by atoms with E-state index in [1.807, 2.05) is 0 Å². The molecule has 90 valence electrons. The predicted molar refractivity (Wildman–Crippen MR) is 69.9 cm³/mol. The molecule has 1 aliphatic carbocycles. The summed E-state index contributed by atoms with van der Waals surface area (Å²) in [5.74, 6) is 3.04. The molecule has 0 nitrogen and oxygen atoms in total. The summed E-state index contributed by atoms with van der Waals surface area (Å²) in [6.07, 6.45) is 8.04. The highest BCUT2D eigenvalue weighted by Gasteiger charge is 2.33. The number of hydrogen-bond donors (Lipinski definition) is 0. The second kappa shape index (κ2) is 6.35. The Labute approximate surface area is 105 Å². The van der Waals surface area contributed by atoms with Crippen molar-refractivity contribution in [2.24, 2.45) is 17.3 Å². The highest BCUT2D eigenvalue weighted by atomic mass is 35.5. The van der Waals surface area contributed by atoms with Gasteiger partial charge < -0.3 is 0 Å². The van der Waals surface area contributed by atoms with Crippen LogP contribution in [0.1, 0.15) is 52.4 Å². The lowest BCUT2D eigenvalue weighted by Gasteiger charge is -2.34. The van der Waals surface area contributed by atoms with Gasteiger partial charge in [0.15, 0.2) is 0 Å². The van der Waals surface area contributed by atoms with Gasteiger partial charge in [-0.05, 0) is 30.1 Å². The maximum absolute atomic E-state index is 6.16. The first-order valence-corrected chi connectivity index (χ1v) is 7.31. The van der Waals surface area contributed by atoms with E-state index in [4.69, 9.17) is 23.2 Å². The van der Waals surface area contributed by atoms with Crippen LogP contribution < -0.4 is 0 Å². The third-order valence-corrected chi connectivity index (χ3v) is 4.74. The van der Waals surface area contributed by atoms with Gasteiger partial charge in [0.2, 0.25) is 0 Å². The highest BCUT2D eigenvalue weighted by Crippen LogP contribution is 2.41. The zero-order valence-corrected chi connectivity index (χ0v) is 11.6. The Hall–Kier alpha value is 0.580. The van der Waals surface area contributed by atoms with Crippen molar-refractivity contribution in [2.75, 3.05) is 11.8 Å². The Morgan fingerprint density at radius 3 is 2.07 bits per heavy atom. The average molecular weight is 251 g/mol. The summed E-state index contributed by atoms with van der Waals surface area (Å²) in [7, 11) is 0. The molecule has 1 saturated carbocycles. The molecule has 1 rings (SSSR count). The van der Waals surface area contributed by atoms with E-state index in [9.17, 15) is 0 Å². The van der Waals surface area contributed by atoms with Crippen LogP contribution in [-0.2, 0) is 0 Å². The standard InChI is InChI=1S/C13H24Cl2/c1-11(2)7-13(9-14,10-15)8-12-5-3-4-6-12/h11-12H,3-10H2,1-2H3. The van der Waals surface area contributed by atoms with E-state index in [-0.39, 0.29) is 5.41 Å². The highest BCUT2D eigenvalue weighted by molar-refractivity contribution is 6.21. The SMILES string of the molecule is CC(C)CC(CCl)(CCl)CC1CCCC1. The van der Waals surface area contributed by atoms with Gasteiger partial charge in [-0.2, -0.15) is 0 Å². The van der Waals surface area contributed by atoms with Crippen LogP contribution in [-0.4, -0.2) is 11.8 Å². The van der Waals surface area contributed by atoms with Crippen molar-refractivity contribution in [3.8, 4) is 0 Å². The van der Waals surface area contributed by atoms with Crippen LogP contribution in [0.3, 0.4) is 0 Å². The molecule has 0 spiro atoms. The second-order valence-electron chi connectivity index (χ2n) is 5.72. The largest absolute Gasteiger partial charge is 0.126 e. The molecule has 0 heterocycles. The third kappa shape index (κ3) is 4.15. The minimum Gasteiger partial charge on any atom is -0.126 e. The van der Waals surface area contributed by atoms with Crippen molar-refractivity contribution >= 4 is 23.2 Å². The van der Waals surface area contributed by atoms with Crippen molar-refractivity contribution in [1.82, 2.24) is 0 Å². The number of rotatable bonds is 6. The normalized spacial score (nSPS) is 19.0. The number of alkyl halides is 2. The molecule has 0 aromatic rings. The molecule has 15 heavy (non-hydrogen) atoms. The van der Waals surface area contributed by atoms with E-state index < -0.39 is 0 Å². The molecule has 0 aromatic heterocycles. The molecule has 0 bridgehead atoms. The van der Waals surface area contributed by atoms with Crippen LogP contribution in [0.5, 0.6) is 0 Å². The Kier molecular flexibility index (Phi) is 5.77. The van der Waals surface area contributed by atoms with Crippen molar-refractivity contribution in [2.45, 2.75) is 52.4 Å². The van der Waals surface area contributed by atoms with E-state index in [0.29, 0.717) is 5.92 Å². The van der Waals surface area contributed by atoms with Gasteiger partial charge >= 0.3 is 0 Å². The molecule has 0 aliphatic heterocycles. The number of halogens is 2. The Balaban J connectivity index is 2.53. The monoisotopic (exact) mass is 250 g/mol. The van der Waals surface area contributed by atoms with E-state index in [1.165, 1.54) is 38.5 Å². The lowest BCUT2D eigenvalue weighted by Crippen LogP contribution is -2.29. The summed E-state index contributed by atoms with van der Waals surface area (Å²) >= 11 is 12.3. The minimum absolute atomic E-state index is 0.201. The first-order valence-electron chi connectivity index (χ1n) is 6.24. The van der Waals surface area contributed by atoms with Gasteiger partial charge in [0.1, 0.15) is 0 Å². The first kappa shape index (κ1) is 13.6. The maximum Gasteiger partial charge on any atom is 0.0291 e. The van der Waals surface area contributed by atoms with Gasteiger partial charge in [-0.25, -0.2) is 0 Å². The van der Waals surface area contributed by atoms with Gasteiger partial charge in [-0.15, -0.1) is 23.2 Å². The molecule has 0 atom stereocenters. The summed E-state index contributed by atoms with van der Waals surface area (Å²) in [5, 5.41) is 0. The van der Waals surface area contributed by atoms with Gasteiger partial charge in [0.25, 0.3) is 0 Å². The molecule has 1 fully saturated rings. The van der Waals surface area contributed by atoms with Crippen LogP contribution in [0, 0.1) is 17.3 Å². The summed E-state index contributed by atoms with van der Waals surface area (Å²) < 4.78 is 0. The third-order valence-electron chi connectivity index (χ3n) is 3.60. The van der Waals surface area contributed by atoms with E-state index in [0.717, 1.165) is 17.7 Å². The van der Waals surface area contributed by atoms with Gasteiger partial charge in [0.05, 0.1) is 0 Å². The van der Waals surface area contributed by atoms with E-state index in [1.54, 1.807) is 0 Å². The van der Waals surface area contributed by atoms with E-state index >= 15 is 0 Å². The minimum atomic E-state index is 0.201. The van der Waals surface area contributed by atoms with Crippen LogP contribution in [0.25, 0.3) is 0 Å². The summed E-state index contributed by atoms with van der Waals surface area (Å²) in [6.45, 7) is 4.53. The summed E-state index contributed by atoms with van der Waals surface area (Å²) in [5.41, 5.74) is 0.201. The fourth-order valence-corrected chi connectivity index (χ4v) is 3.75. The zero-order valence-electron chi connectivity index (χ0n) is 10.1. The van der Waals surface area contributed by atoms with Crippen molar-refractivity contribution in [1.29, 1.82) is 0 Å². The van der Waals surface area contributed by atoms with Crippen molar-refractivity contribution < 1.29 is 0 Å². The summed E-state index contributed by atoms with van der Waals surface area (Å²) in [6, 6.07) is 0. The van der Waals surface area contributed by atoms with Crippen molar-refractivity contribution in [3.63, 3.8) is 0 Å². The molecule has 0 amide bonds. The van der Waals surface area contributed by atoms with Crippen LogP contribution in [0.15, 0.2) is 0 Å². The second-order valence-corrected chi connectivity index (χ2v) is 6.25.